The van der Waals surface area contributed by atoms with E-state index in [0.29, 0.717) is 5.56 Å². The number of rotatable bonds is 5. The topological polar surface area (TPSA) is 99.4 Å². The molecule has 0 bridgehead atoms. The van der Waals surface area contributed by atoms with E-state index in [0.717, 1.165) is 0 Å². The average Bonchev–Trinajstić information content (AvgIpc) is 2.86. The molecule has 1 aromatic rings. The van der Waals surface area contributed by atoms with Crippen molar-refractivity contribution in [1.82, 2.24) is 0 Å². The van der Waals surface area contributed by atoms with Crippen LogP contribution in [0.15, 0.2) is 30.3 Å². The predicted molar refractivity (Wildman–Crippen MR) is 69.9 cm³/mol. The molecular formula is C13H17ClO6. The normalized spacial score (nSPS) is 33.0. The fourth-order valence-electron chi connectivity index (χ4n) is 2.09. The van der Waals surface area contributed by atoms with Crippen molar-refractivity contribution in [2.24, 2.45) is 0 Å². The zero-order chi connectivity index (χ0) is 14.8. The first-order valence-electron chi connectivity index (χ1n) is 6.19. The number of halogens is 1. The van der Waals surface area contributed by atoms with E-state index in [-0.39, 0.29) is 0 Å². The maximum atomic E-state index is 9.75. The average molecular weight is 305 g/mol. The fraction of sp³-hybridized carbons (Fsp3) is 0.538. The van der Waals surface area contributed by atoms with Crippen LogP contribution in [0.2, 0.25) is 0 Å². The van der Waals surface area contributed by atoms with E-state index in [4.69, 9.17) is 31.3 Å². The van der Waals surface area contributed by atoms with E-state index >= 15 is 0 Å². The maximum Gasteiger partial charge on any atom is 0.277 e. The SMILES string of the molecule is OC[C@@H](O)[C@H]1OC(Cl)(c2ccccc2)O[C@@H]1[C@@H](O)CO. The smallest absolute Gasteiger partial charge is 0.277 e. The molecule has 1 aliphatic rings. The molecule has 1 heterocycles. The molecule has 20 heavy (non-hydrogen) atoms. The molecule has 1 unspecified atom stereocenters. The third-order valence-corrected chi connectivity index (χ3v) is 3.55. The second-order valence-corrected chi connectivity index (χ2v) is 5.06. The minimum atomic E-state index is -1.68. The van der Waals surface area contributed by atoms with Crippen LogP contribution in [0.5, 0.6) is 0 Å². The molecule has 0 saturated carbocycles. The minimum Gasteiger partial charge on any atom is -0.394 e. The van der Waals surface area contributed by atoms with Gasteiger partial charge in [0.25, 0.3) is 5.25 Å². The highest BCUT2D eigenvalue weighted by Gasteiger charge is 2.52. The first-order valence-corrected chi connectivity index (χ1v) is 6.57. The molecule has 0 radical (unpaired) electrons. The van der Waals surface area contributed by atoms with Gasteiger partial charge in [0, 0.05) is 5.56 Å². The number of aliphatic hydroxyl groups is 4. The maximum absolute atomic E-state index is 9.75. The molecule has 5 atom stereocenters. The lowest BCUT2D eigenvalue weighted by atomic mass is 10.0. The molecule has 7 heteroatoms. The molecule has 112 valence electrons. The molecule has 0 amide bonds. The highest BCUT2D eigenvalue weighted by Crippen LogP contribution is 2.43. The lowest BCUT2D eigenvalue weighted by Crippen LogP contribution is -2.45. The summed E-state index contributed by atoms with van der Waals surface area (Å²) in [6, 6.07) is 8.60. The Labute approximate surface area is 121 Å². The van der Waals surface area contributed by atoms with Crippen LogP contribution >= 0.6 is 11.6 Å². The Hall–Kier alpha value is -0.730. The molecule has 0 aliphatic carbocycles. The van der Waals surface area contributed by atoms with Crippen molar-refractivity contribution in [2.45, 2.75) is 29.7 Å². The van der Waals surface area contributed by atoms with E-state index in [9.17, 15) is 10.2 Å². The van der Waals surface area contributed by atoms with Crippen molar-refractivity contribution in [3.8, 4) is 0 Å². The summed E-state index contributed by atoms with van der Waals surface area (Å²) in [5, 5.41) is 35.9. The number of benzene rings is 1. The number of ether oxygens (including phenoxy) is 2. The standard InChI is InChI=1S/C13H17ClO6/c14-13(8-4-2-1-3-5-8)19-11(9(17)6-15)12(20-13)10(18)7-16/h1-5,9-12,15-18H,6-7H2/t9-,10+,11-,12-,13?/m1/s1. The van der Waals surface area contributed by atoms with Crippen molar-refractivity contribution in [3.05, 3.63) is 35.9 Å². The fourth-order valence-corrected chi connectivity index (χ4v) is 2.42. The van der Waals surface area contributed by atoms with Gasteiger partial charge in [-0.3, -0.25) is 0 Å². The Morgan fingerprint density at radius 2 is 1.45 bits per heavy atom. The summed E-state index contributed by atoms with van der Waals surface area (Å²) in [5.41, 5.74) is 0.490. The van der Waals surface area contributed by atoms with Crippen LogP contribution in [-0.4, -0.2) is 58.1 Å². The van der Waals surface area contributed by atoms with Crippen molar-refractivity contribution in [2.75, 3.05) is 13.2 Å². The molecule has 1 saturated heterocycles. The highest BCUT2D eigenvalue weighted by atomic mass is 35.5. The summed E-state index contributed by atoms with van der Waals surface area (Å²) in [5.74, 6) is 0. The van der Waals surface area contributed by atoms with E-state index in [1.54, 1.807) is 30.3 Å². The van der Waals surface area contributed by atoms with Crippen LogP contribution < -0.4 is 0 Å². The first kappa shape index (κ1) is 15.7. The van der Waals surface area contributed by atoms with Gasteiger partial charge >= 0.3 is 0 Å². The zero-order valence-electron chi connectivity index (χ0n) is 10.6. The molecule has 6 nitrogen and oxygen atoms in total. The lowest BCUT2D eigenvalue weighted by molar-refractivity contribution is -0.133. The van der Waals surface area contributed by atoms with Crippen LogP contribution in [0.25, 0.3) is 0 Å². The Morgan fingerprint density at radius 1 is 1.00 bits per heavy atom. The monoisotopic (exact) mass is 304 g/mol. The van der Waals surface area contributed by atoms with E-state index in [2.05, 4.69) is 0 Å². The molecule has 4 N–H and O–H groups in total. The van der Waals surface area contributed by atoms with E-state index in [1.807, 2.05) is 0 Å². The van der Waals surface area contributed by atoms with Gasteiger partial charge in [-0.2, -0.15) is 0 Å². The Morgan fingerprint density at radius 3 is 1.85 bits per heavy atom. The van der Waals surface area contributed by atoms with Gasteiger partial charge in [0.1, 0.15) is 24.4 Å². The van der Waals surface area contributed by atoms with Gasteiger partial charge in [-0.15, -0.1) is 0 Å². The summed E-state index contributed by atoms with van der Waals surface area (Å²) >= 11 is 6.26. The molecule has 0 spiro atoms. The van der Waals surface area contributed by atoms with Gasteiger partial charge in [-0.05, 0) is 0 Å². The Kier molecular flexibility index (Phi) is 4.98. The Balaban J connectivity index is 2.27. The van der Waals surface area contributed by atoms with E-state index < -0.39 is 42.9 Å². The van der Waals surface area contributed by atoms with Crippen molar-refractivity contribution in [1.29, 1.82) is 0 Å². The van der Waals surface area contributed by atoms with Gasteiger partial charge in [-0.25, -0.2) is 0 Å². The molecule has 1 fully saturated rings. The molecule has 0 aromatic heterocycles. The number of alkyl halides is 1. The number of aliphatic hydroxyl groups excluding tert-OH is 4. The van der Waals surface area contributed by atoms with Gasteiger partial charge < -0.3 is 29.9 Å². The molecule has 1 aliphatic heterocycles. The number of hydrogen-bond donors (Lipinski definition) is 4. The molecule has 2 rings (SSSR count). The summed E-state index contributed by atoms with van der Waals surface area (Å²) in [4.78, 5) is 0. The van der Waals surface area contributed by atoms with Crippen molar-refractivity contribution < 1.29 is 29.9 Å². The summed E-state index contributed by atoms with van der Waals surface area (Å²) in [6.45, 7) is -1.16. The quantitative estimate of drug-likeness (QED) is 0.549. The van der Waals surface area contributed by atoms with E-state index in [1.165, 1.54) is 0 Å². The largest absolute Gasteiger partial charge is 0.394 e. The molecule has 1 aromatic carbocycles. The second-order valence-electron chi connectivity index (χ2n) is 4.57. The third-order valence-electron chi connectivity index (χ3n) is 3.15. The first-order chi connectivity index (χ1) is 9.51. The zero-order valence-corrected chi connectivity index (χ0v) is 11.3. The van der Waals surface area contributed by atoms with Crippen LogP contribution in [0, 0.1) is 0 Å². The van der Waals surface area contributed by atoms with Crippen molar-refractivity contribution >= 4 is 11.6 Å². The summed E-state index contributed by atoms with van der Waals surface area (Å²) < 4.78 is 11.0. The number of hydrogen-bond acceptors (Lipinski definition) is 6. The Bertz CT molecular complexity index is 410. The van der Waals surface area contributed by atoms with Crippen LogP contribution in [0.1, 0.15) is 5.56 Å². The van der Waals surface area contributed by atoms with Crippen LogP contribution in [0.3, 0.4) is 0 Å². The predicted octanol–water partition coefficient (Wildman–Crippen LogP) is -0.474. The summed E-state index contributed by atoms with van der Waals surface area (Å²) in [6.07, 6.45) is -4.68. The van der Waals surface area contributed by atoms with Crippen molar-refractivity contribution in [3.63, 3.8) is 0 Å². The lowest BCUT2D eigenvalue weighted by Gasteiger charge is -2.23. The third kappa shape index (κ3) is 2.96. The second kappa shape index (κ2) is 6.36. The van der Waals surface area contributed by atoms with Gasteiger partial charge in [0.2, 0.25) is 0 Å². The minimum absolute atomic E-state index is 0.490. The van der Waals surface area contributed by atoms with Crippen LogP contribution in [0.4, 0.5) is 0 Å². The summed E-state index contributed by atoms with van der Waals surface area (Å²) in [7, 11) is 0. The van der Waals surface area contributed by atoms with Gasteiger partial charge in [0.15, 0.2) is 0 Å². The van der Waals surface area contributed by atoms with Crippen LogP contribution in [-0.2, 0) is 14.7 Å². The van der Waals surface area contributed by atoms with Gasteiger partial charge in [-0.1, -0.05) is 41.9 Å². The highest BCUT2D eigenvalue weighted by molar-refractivity contribution is 6.22. The molecular weight excluding hydrogens is 288 g/mol. The van der Waals surface area contributed by atoms with Gasteiger partial charge in [0.05, 0.1) is 13.2 Å².